The van der Waals surface area contributed by atoms with Crippen LogP contribution in [-0.4, -0.2) is 46.4 Å². The van der Waals surface area contributed by atoms with E-state index in [9.17, 15) is 18.4 Å². The topological polar surface area (TPSA) is 104 Å². The lowest BCUT2D eigenvalue weighted by molar-refractivity contribution is -0.118. The smallest absolute Gasteiger partial charge is 0.387 e. The zero-order valence-corrected chi connectivity index (χ0v) is 19.7. The van der Waals surface area contributed by atoms with E-state index in [1.165, 1.54) is 33.5 Å². The van der Waals surface area contributed by atoms with E-state index < -0.39 is 18.4 Å². The normalized spacial score (nSPS) is 10.4. The first-order valence-electron chi connectivity index (χ1n) is 10.5. The molecule has 9 nitrogen and oxygen atoms in total. The molecular weight excluding hydrogens is 478 g/mol. The summed E-state index contributed by atoms with van der Waals surface area (Å²) < 4.78 is 50.8. The fourth-order valence-electron chi connectivity index (χ4n) is 3.17. The van der Waals surface area contributed by atoms with Crippen molar-refractivity contribution in [1.29, 1.82) is 0 Å². The average Bonchev–Trinajstić information content (AvgIpc) is 2.87. The molecule has 0 saturated heterocycles. The maximum absolute atomic E-state index is 12.8. The van der Waals surface area contributed by atoms with Gasteiger partial charge in [0.25, 0.3) is 11.8 Å². The Morgan fingerprint density at radius 1 is 0.778 bits per heavy atom. The summed E-state index contributed by atoms with van der Waals surface area (Å²) in [5.41, 5.74) is 0.858. The van der Waals surface area contributed by atoms with E-state index >= 15 is 0 Å². The molecule has 0 aromatic heterocycles. The molecule has 0 radical (unpaired) electrons. The molecule has 0 fully saturated rings. The Hall–Kier alpha value is -4.54. The van der Waals surface area contributed by atoms with Gasteiger partial charge >= 0.3 is 6.61 Å². The zero-order valence-electron chi connectivity index (χ0n) is 19.7. The Morgan fingerprint density at radius 2 is 1.36 bits per heavy atom. The van der Waals surface area contributed by atoms with Gasteiger partial charge < -0.3 is 34.3 Å². The fourth-order valence-corrected chi connectivity index (χ4v) is 3.17. The zero-order chi connectivity index (χ0) is 26.1. The van der Waals surface area contributed by atoms with Gasteiger partial charge in [0.1, 0.15) is 0 Å². The van der Waals surface area contributed by atoms with Crippen molar-refractivity contribution in [2.75, 3.05) is 38.6 Å². The van der Waals surface area contributed by atoms with E-state index in [1.54, 1.807) is 48.5 Å². The van der Waals surface area contributed by atoms with Gasteiger partial charge in [0.2, 0.25) is 5.75 Å². The molecule has 0 aliphatic carbocycles. The van der Waals surface area contributed by atoms with E-state index in [1.807, 2.05) is 0 Å². The average molecular weight is 502 g/mol. The van der Waals surface area contributed by atoms with Crippen molar-refractivity contribution in [2.45, 2.75) is 6.61 Å². The monoisotopic (exact) mass is 502 g/mol. The number of halogens is 2. The van der Waals surface area contributed by atoms with Gasteiger partial charge in [-0.1, -0.05) is 18.2 Å². The minimum Gasteiger partial charge on any atom is -0.493 e. The number of alkyl halides is 2. The molecule has 2 N–H and O–H groups in total. The van der Waals surface area contributed by atoms with Crippen LogP contribution in [0.3, 0.4) is 0 Å². The Balaban J connectivity index is 1.68. The molecule has 0 bridgehead atoms. The summed E-state index contributed by atoms with van der Waals surface area (Å²) in [6, 6.07) is 15.8. The maximum atomic E-state index is 12.8. The highest BCUT2D eigenvalue weighted by Gasteiger charge is 2.20. The molecule has 0 heterocycles. The third kappa shape index (κ3) is 6.75. The largest absolute Gasteiger partial charge is 0.493 e. The Morgan fingerprint density at radius 3 is 1.94 bits per heavy atom. The van der Waals surface area contributed by atoms with E-state index in [-0.39, 0.29) is 29.4 Å². The fraction of sp³-hybridized carbons (Fsp3) is 0.200. The first kappa shape index (κ1) is 26.1. The molecule has 0 atom stereocenters. The molecule has 0 aliphatic heterocycles. The SMILES string of the molecule is COc1ccccc1OCC(=O)Nc1cccc(NC(=O)c2cc(OC)c(OC(F)F)c(OC)c2)c1. The number of hydrogen-bond donors (Lipinski definition) is 2. The molecule has 0 unspecified atom stereocenters. The second kappa shape index (κ2) is 12.2. The van der Waals surface area contributed by atoms with Crippen LogP contribution in [0.15, 0.2) is 60.7 Å². The van der Waals surface area contributed by atoms with Crippen molar-refractivity contribution in [1.82, 2.24) is 0 Å². The van der Waals surface area contributed by atoms with Crippen LogP contribution >= 0.6 is 0 Å². The van der Waals surface area contributed by atoms with Crippen LogP contribution in [0.5, 0.6) is 28.7 Å². The number of para-hydroxylation sites is 2. The second-order valence-corrected chi connectivity index (χ2v) is 7.11. The van der Waals surface area contributed by atoms with Crippen LogP contribution in [0.4, 0.5) is 20.2 Å². The number of methoxy groups -OCH3 is 3. The standard InChI is InChI=1S/C25H24F2N2O7/c1-32-18-9-4-5-10-19(18)35-14-22(30)28-16-7-6-8-17(13-16)29-24(31)15-11-20(33-2)23(36-25(26)27)21(12-15)34-3/h4-13,25H,14H2,1-3H3,(H,28,30)(H,29,31). The summed E-state index contributed by atoms with van der Waals surface area (Å²) in [5.74, 6) is -0.603. The lowest BCUT2D eigenvalue weighted by Crippen LogP contribution is -2.20. The highest BCUT2D eigenvalue weighted by Crippen LogP contribution is 2.39. The van der Waals surface area contributed by atoms with Crippen molar-refractivity contribution in [3.8, 4) is 28.7 Å². The van der Waals surface area contributed by atoms with Crippen molar-refractivity contribution in [2.24, 2.45) is 0 Å². The van der Waals surface area contributed by atoms with Crippen LogP contribution in [-0.2, 0) is 4.79 Å². The highest BCUT2D eigenvalue weighted by atomic mass is 19.3. The van der Waals surface area contributed by atoms with Crippen LogP contribution in [0.2, 0.25) is 0 Å². The summed E-state index contributed by atoms with van der Waals surface area (Å²) >= 11 is 0. The summed E-state index contributed by atoms with van der Waals surface area (Å²) in [6.07, 6.45) is 0. The number of rotatable bonds is 11. The highest BCUT2D eigenvalue weighted by molar-refractivity contribution is 6.05. The van der Waals surface area contributed by atoms with Gasteiger partial charge in [-0.15, -0.1) is 0 Å². The summed E-state index contributed by atoms with van der Waals surface area (Å²) in [7, 11) is 4.00. The molecule has 11 heteroatoms. The Kier molecular flexibility index (Phi) is 8.87. The number of ether oxygens (including phenoxy) is 5. The number of carbonyl (C=O) groups excluding carboxylic acids is 2. The van der Waals surface area contributed by atoms with Gasteiger partial charge in [0, 0.05) is 16.9 Å². The van der Waals surface area contributed by atoms with Gasteiger partial charge in [-0.3, -0.25) is 9.59 Å². The van der Waals surface area contributed by atoms with Crippen molar-refractivity contribution in [3.63, 3.8) is 0 Å². The van der Waals surface area contributed by atoms with Crippen LogP contribution < -0.4 is 34.3 Å². The number of nitrogens with one attached hydrogen (secondary N) is 2. The lowest BCUT2D eigenvalue weighted by atomic mass is 10.1. The molecule has 0 aliphatic rings. The third-order valence-corrected chi connectivity index (χ3v) is 4.76. The van der Waals surface area contributed by atoms with Gasteiger partial charge in [-0.2, -0.15) is 8.78 Å². The molecule has 0 saturated carbocycles. The molecule has 3 aromatic rings. The van der Waals surface area contributed by atoms with Gasteiger partial charge in [-0.05, 0) is 42.5 Å². The van der Waals surface area contributed by atoms with E-state index in [4.69, 9.17) is 18.9 Å². The second-order valence-electron chi connectivity index (χ2n) is 7.11. The number of amides is 2. The summed E-state index contributed by atoms with van der Waals surface area (Å²) in [4.78, 5) is 25.1. The predicted octanol–water partition coefficient (Wildman–Crippen LogP) is 4.58. The number of hydrogen-bond acceptors (Lipinski definition) is 7. The maximum Gasteiger partial charge on any atom is 0.387 e. The summed E-state index contributed by atoms with van der Waals surface area (Å²) in [5, 5.41) is 5.35. The van der Waals surface area contributed by atoms with E-state index in [0.717, 1.165) is 0 Å². The number of anilines is 2. The quantitative estimate of drug-likeness (QED) is 0.395. The van der Waals surface area contributed by atoms with Gasteiger partial charge in [0.15, 0.2) is 29.6 Å². The van der Waals surface area contributed by atoms with Gasteiger partial charge in [-0.25, -0.2) is 0 Å². The lowest BCUT2D eigenvalue weighted by Gasteiger charge is -2.15. The van der Waals surface area contributed by atoms with E-state index in [0.29, 0.717) is 22.9 Å². The van der Waals surface area contributed by atoms with Crippen molar-refractivity contribution >= 4 is 23.2 Å². The number of benzene rings is 3. The van der Waals surface area contributed by atoms with Gasteiger partial charge in [0.05, 0.1) is 21.3 Å². The van der Waals surface area contributed by atoms with Crippen LogP contribution in [0.1, 0.15) is 10.4 Å². The van der Waals surface area contributed by atoms with E-state index in [2.05, 4.69) is 15.4 Å². The summed E-state index contributed by atoms with van der Waals surface area (Å²) in [6.45, 7) is -3.37. The molecular formula is C25H24F2N2O7. The van der Waals surface area contributed by atoms with Crippen molar-refractivity contribution in [3.05, 3.63) is 66.2 Å². The molecule has 3 rings (SSSR count). The molecule has 0 spiro atoms. The Bertz CT molecular complexity index is 1200. The molecule has 190 valence electrons. The first-order chi connectivity index (χ1) is 17.3. The Labute approximate surface area is 205 Å². The van der Waals surface area contributed by atoms with Crippen LogP contribution in [0, 0.1) is 0 Å². The molecule has 36 heavy (non-hydrogen) atoms. The first-order valence-corrected chi connectivity index (χ1v) is 10.5. The molecule has 2 amide bonds. The van der Waals surface area contributed by atoms with Crippen LogP contribution in [0.25, 0.3) is 0 Å². The van der Waals surface area contributed by atoms with Crippen molar-refractivity contribution < 1.29 is 42.1 Å². The number of carbonyl (C=O) groups is 2. The molecule has 3 aromatic carbocycles. The third-order valence-electron chi connectivity index (χ3n) is 4.76. The predicted molar refractivity (Wildman–Crippen MR) is 128 cm³/mol. The minimum absolute atomic E-state index is 0.0740. The minimum atomic E-state index is -3.11.